The topological polar surface area (TPSA) is 9.23 Å². The van der Waals surface area contributed by atoms with Gasteiger partial charge in [-0.3, -0.25) is 0 Å². The first-order valence-electron chi connectivity index (χ1n) is 7.55. The van der Waals surface area contributed by atoms with E-state index < -0.39 is 8.32 Å². The van der Waals surface area contributed by atoms with Gasteiger partial charge in [0.2, 0.25) is 8.32 Å². The number of hydrogen-bond donors (Lipinski definition) is 0. The summed E-state index contributed by atoms with van der Waals surface area (Å²) in [6.45, 7) is 13.7. The van der Waals surface area contributed by atoms with Crippen molar-refractivity contribution in [3.8, 4) is 12.3 Å². The van der Waals surface area contributed by atoms with E-state index in [-0.39, 0.29) is 6.10 Å². The summed E-state index contributed by atoms with van der Waals surface area (Å²) in [5, 5.41) is 0. The summed E-state index contributed by atoms with van der Waals surface area (Å²) in [5.41, 5.74) is 2.72. The third-order valence-electron chi connectivity index (χ3n) is 4.28. The van der Waals surface area contributed by atoms with Crippen LogP contribution in [0.3, 0.4) is 0 Å². The average molecular weight is 289 g/mol. The van der Waals surface area contributed by atoms with Gasteiger partial charge in [-0.25, -0.2) is 0 Å². The highest BCUT2D eigenvalue weighted by Crippen LogP contribution is 2.44. The number of benzene rings is 1. The molecule has 20 heavy (non-hydrogen) atoms. The average Bonchev–Trinajstić information content (AvgIpc) is 2.39. The quantitative estimate of drug-likeness (QED) is 0.492. The maximum absolute atomic E-state index is 6.66. The Morgan fingerprint density at radius 3 is 1.70 bits per heavy atom. The maximum Gasteiger partial charge on any atom is 0.202 e. The van der Waals surface area contributed by atoms with Gasteiger partial charge in [0.15, 0.2) is 0 Å². The van der Waals surface area contributed by atoms with Gasteiger partial charge >= 0.3 is 0 Å². The minimum Gasteiger partial charge on any atom is -0.399 e. The summed E-state index contributed by atoms with van der Waals surface area (Å²) in [7, 11) is -1.94. The smallest absolute Gasteiger partial charge is 0.202 e. The van der Waals surface area contributed by atoms with Gasteiger partial charge in [0, 0.05) is 0 Å². The molecule has 0 radical (unpaired) electrons. The Bertz CT molecular complexity index is 420. The molecular formula is C18H28OSi. The molecule has 0 aliphatic rings. The van der Waals surface area contributed by atoms with E-state index in [1.165, 1.54) is 0 Å². The molecule has 1 unspecified atom stereocenters. The lowest BCUT2D eigenvalue weighted by Gasteiger charge is -2.43. The standard InChI is InChI=1S/C18H28OSi/c1-8-18(17-12-10-9-11-13-17)19-20(14(2)3,15(4)5)16(6)7/h1,9-16,18H,2-7H3. The van der Waals surface area contributed by atoms with Crippen LogP contribution in [0.5, 0.6) is 0 Å². The Balaban J connectivity index is 3.15. The molecule has 1 atom stereocenters. The van der Waals surface area contributed by atoms with Crippen LogP contribution in [0.25, 0.3) is 0 Å². The molecule has 0 aliphatic carbocycles. The summed E-state index contributed by atoms with van der Waals surface area (Å²) in [6, 6.07) is 10.2. The van der Waals surface area contributed by atoms with Gasteiger partial charge in [0.05, 0.1) is 0 Å². The van der Waals surface area contributed by atoms with E-state index in [9.17, 15) is 0 Å². The molecule has 110 valence electrons. The van der Waals surface area contributed by atoms with Gasteiger partial charge in [-0.05, 0) is 22.2 Å². The van der Waals surface area contributed by atoms with Crippen molar-refractivity contribution in [2.75, 3.05) is 0 Å². The molecule has 0 fully saturated rings. The van der Waals surface area contributed by atoms with Gasteiger partial charge in [-0.1, -0.05) is 77.8 Å². The van der Waals surface area contributed by atoms with Gasteiger partial charge in [-0.2, -0.15) is 0 Å². The summed E-state index contributed by atoms with van der Waals surface area (Å²) < 4.78 is 6.66. The van der Waals surface area contributed by atoms with Crippen molar-refractivity contribution >= 4 is 8.32 Å². The highest BCUT2D eigenvalue weighted by Gasteiger charge is 2.46. The molecule has 0 saturated carbocycles. The molecule has 0 amide bonds. The molecule has 0 saturated heterocycles. The van der Waals surface area contributed by atoms with Crippen LogP contribution in [0.1, 0.15) is 53.2 Å². The monoisotopic (exact) mass is 288 g/mol. The van der Waals surface area contributed by atoms with E-state index in [1.54, 1.807) is 0 Å². The predicted octanol–water partition coefficient (Wildman–Crippen LogP) is 5.55. The van der Waals surface area contributed by atoms with Crippen LogP contribution in [0.15, 0.2) is 30.3 Å². The van der Waals surface area contributed by atoms with Crippen LogP contribution in [0.4, 0.5) is 0 Å². The summed E-state index contributed by atoms with van der Waals surface area (Å²) in [6.07, 6.45) is 5.53. The zero-order valence-electron chi connectivity index (χ0n) is 13.7. The third-order valence-corrected chi connectivity index (χ3v) is 10.3. The highest BCUT2D eigenvalue weighted by atomic mass is 28.4. The lowest BCUT2D eigenvalue weighted by Crippen LogP contribution is -2.48. The molecule has 0 aromatic heterocycles. The van der Waals surface area contributed by atoms with Crippen LogP contribution >= 0.6 is 0 Å². The zero-order chi connectivity index (χ0) is 15.3. The second-order valence-electron chi connectivity index (χ2n) is 6.39. The Morgan fingerprint density at radius 2 is 1.35 bits per heavy atom. The van der Waals surface area contributed by atoms with Crippen molar-refractivity contribution < 1.29 is 4.43 Å². The van der Waals surface area contributed by atoms with E-state index in [0.29, 0.717) is 16.6 Å². The molecular weight excluding hydrogens is 260 g/mol. The van der Waals surface area contributed by atoms with E-state index in [2.05, 4.69) is 59.6 Å². The molecule has 1 rings (SSSR count). The van der Waals surface area contributed by atoms with Crippen molar-refractivity contribution in [3.63, 3.8) is 0 Å². The lowest BCUT2D eigenvalue weighted by atomic mass is 10.1. The molecule has 1 aromatic carbocycles. The fourth-order valence-electron chi connectivity index (χ4n) is 3.44. The Hall–Kier alpha value is -1.04. The Morgan fingerprint density at radius 1 is 0.900 bits per heavy atom. The normalized spacial score (nSPS) is 13.8. The first-order valence-corrected chi connectivity index (χ1v) is 9.69. The molecule has 1 nitrogen and oxygen atoms in total. The van der Waals surface area contributed by atoms with Crippen LogP contribution in [-0.2, 0) is 4.43 Å². The van der Waals surface area contributed by atoms with Crippen molar-refractivity contribution in [3.05, 3.63) is 35.9 Å². The lowest BCUT2D eigenvalue weighted by molar-refractivity contribution is 0.229. The third kappa shape index (κ3) is 3.34. The zero-order valence-corrected chi connectivity index (χ0v) is 14.7. The largest absolute Gasteiger partial charge is 0.399 e. The van der Waals surface area contributed by atoms with Gasteiger partial charge in [-0.15, -0.1) is 6.42 Å². The number of hydrogen-bond acceptors (Lipinski definition) is 1. The van der Waals surface area contributed by atoms with Crippen LogP contribution in [0.2, 0.25) is 16.6 Å². The summed E-state index contributed by atoms with van der Waals surface area (Å²) in [5.74, 6) is 2.85. The van der Waals surface area contributed by atoms with Crippen molar-refractivity contribution in [2.24, 2.45) is 0 Å². The minimum absolute atomic E-state index is 0.227. The van der Waals surface area contributed by atoms with E-state index in [4.69, 9.17) is 10.8 Å². The minimum atomic E-state index is -1.94. The van der Waals surface area contributed by atoms with Crippen LogP contribution in [-0.4, -0.2) is 8.32 Å². The SMILES string of the molecule is C#CC(O[Si](C(C)C)(C(C)C)C(C)C)c1ccccc1. The predicted molar refractivity (Wildman–Crippen MR) is 90.1 cm³/mol. The summed E-state index contributed by atoms with van der Waals surface area (Å²) >= 11 is 0. The first kappa shape index (κ1) is 17.0. The Labute approximate surface area is 125 Å². The fraction of sp³-hybridized carbons (Fsp3) is 0.556. The highest BCUT2D eigenvalue weighted by molar-refractivity contribution is 6.77. The molecule has 0 bridgehead atoms. The second-order valence-corrected chi connectivity index (χ2v) is 11.8. The maximum atomic E-state index is 6.66. The van der Waals surface area contributed by atoms with Crippen molar-refractivity contribution in [1.29, 1.82) is 0 Å². The number of rotatable bonds is 6. The first-order chi connectivity index (χ1) is 9.36. The number of terminal acetylenes is 1. The molecule has 0 spiro atoms. The molecule has 0 N–H and O–H groups in total. The molecule has 1 aromatic rings. The van der Waals surface area contributed by atoms with Gasteiger partial charge in [0.25, 0.3) is 0 Å². The van der Waals surface area contributed by atoms with E-state index in [1.807, 2.05) is 18.2 Å². The van der Waals surface area contributed by atoms with Crippen LogP contribution in [0, 0.1) is 12.3 Å². The van der Waals surface area contributed by atoms with Crippen LogP contribution < -0.4 is 0 Å². The molecule has 2 heteroatoms. The Kier molecular flexibility index (Phi) is 6.04. The fourth-order valence-corrected chi connectivity index (χ4v) is 8.87. The molecule has 0 heterocycles. The summed E-state index contributed by atoms with van der Waals surface area (Å²) in [4.78, 5) is 0. The van der Waals surface area contributed by atoms with Crippen molar-refractivity contribution in [2.45, 2.75) is 64.3 Å². The van der Waals surface area contributed by atoms with E-state index in [0.717, 1.165) is 5.56 Å². The van der Waals surface area contributed by atoms with Gasteiger partial charge in [0.1, 0.15) is 6.10 Å². The van der Waals surface area contributed by atoms with E-state index >= 15 is 0 Å². The second kappa shape index (κ2) is 7.11. The van der Waals surface area contributed by atoms with Crippen molar-refractivity contribution in [1.82, 2.24) is 0 Å². The van der Waals surface area contributed by atoms with Gasteiger partial charge < -0.3 is 4.43 Å². The molecule has 0 aliphatic heterocycles.